The van der Waals surface area contributed by atoms with Crippen LogP contribution in [0.5, 0.6) is 0 Å². The standard InChI is InChI=1S/C36H47BrN6O4/c1-22(13-14-23(2)29-30(37)41-32(40-29)28-12-10-20-43(28)34(45)47-36(6,7)8)24-15-17-25(18-16-24)26-21-38-31(39-26)27-11-9-19-42(27)33(44)46-35(3,4)5/h13-18,21,27-28H,9-12,19-20H2,1-8H3,(H,38,39)(H,40,41)/b22-13+,23-14+/t27-,28-/m0/s1. The largest absolute Gasteiger partial charge is 0.444 e. The highest BCUT2D eigenvalue weighted by Gasteiger charge is 2.36. The number of nitrogens with zero attached hydrogens (tertiary/aromatic N) is 4. The predicted molar refractivity (Wildman–Crippen MR) is 187 cm³/mol. The van der Waals surface area contributed by atoms with Crippen molar-refractivity contribution < 1.29 is 19.1 Å². The van der Waals surface area contributed by atoms with Crippen molar-refractivity contribution in [2.75, 3.05) is 13.1 Å². The Hall–Kier alpha value is -3.86. The molecule has 0 bridgehead atoms. The summed E-state index contributed by atoms with van der Waals surface area (Å²) in [5, 5.41) is 0. The number of aromatic amines is 2. The van der Waals surface area contributed by atoms with E-state index in [0.717, 1.165) is 75.6 Å². The van der Waals surface area contributed by atoms with E-state index < -0.39 is 11.2 Å². The van der Waals surface area contributed by atoms with Gasteiger partial charge in [-0.25, -0.2) is 19.6 Å². The molecule has 0 radical (unpaired) electrons. The van der Waals surface area contributed by atoms with Crippen LogP contribution in [0.4, 0.5) is 9.59 Å². The molecule has 2 aromatic heterocycles. The van der Waals surface area contributed by atoms with Crippen LogP contribution in [0, 0.1) is 0 Å². The fourth-order valence-corrected chi connectivity index (χ4v) is 6.56. The Bertz CT molecular complexity index is 1660. The SMILES string of the molecule is C/C(=C\C=C(/C)c1nc([C@@H]2CCCN2C(=O)OC(C)(C)C)[nH]c1Br)c1ccc(-c2cnc([C@@H]3CCCN3C(=O)OC(C)(C)C)[nH]2)cc1. The number of aromatic nitrogens is 4. The molecule has 1 aromatic carbocycles. The van der Waals surface area contributed by atoms with E-state index in [4.69, 9.17) is 14.5 Å². The van der Waals surface area contributed by atoms with Gasteiger partial charge in [-0.15, -0.1) is 0 Å². The average molecular weight is 708 g/mol. The van der Waals surface area contributed by atoms with E-state index in [1.165, 1.54) is 0 Å². The van der Waals surface area contributed by atoms with Gasteiger partial charge in [0, 0.05) is 13.1 Å². The Balaban J connectivity index is 1.25. The summed E-state index contributed by atoms with van der Waals surface area (Å²) in [6.07, 6.45) is 8.89. The first kappa shape index (κ1) is 34.5. The number of nitrogens with one attached hydrogen (secondary N) is 2. The highest BCUT2D eigenvalue weighted by atomic mass is 79.9. The first-order chi connectivity index (χ1) is 22.1. The number of benzene rings is 1. The van der Waals surface area contributed by atoms with Gasteiger partial charge >= 0.3 is 12.2 Å². The highest BCUT2D eigenvalue weighted by molar-refractivity contribution is 9.10. The van der Waals surface area contributed by atoms with Crippen molar-refractivity contribution >= 4 is 39.3 Å². The third kappa shape index (κ3) is 8.36. The van der Waals surface area contributed by atoms with Crippen molar-refractivity contribution in [1.82, 2.24) is 29.7 Å². The number of imidazole rings is 2. The normalized spacial score (nSPS) is 19.4. The molecular weight excluding hydrogens is 660 g/mol. The molecule has 0 unspecified atom stereocenters. The first-order valence-electron chi connectivity index (χ1n) is 16.4. The van der Waals surface area contributed by atoms with Crippen molar-refractivity contribution in [2.45, 2.75) is 104 Å². The third-order valence-corrected chi connectivity index (χ3v) is 8.85. The molecule has 0 saturated carbocycles. The summed E-state index contributed by atoms with van der Waals surface area (Å²) in [7, 11) is 0. The number of rotatable bonds is 6. The topological polar surface area (TPSA) is 116 Å². The molecule has 0 spiro atoms. The molecule has 3 aromatic rings. The van der Waals surface area contributed by atoms with Crippen LogP contribution in [-0.4, -0.2) is 66.2 Å². The second kappa shape index (κ2) is 13.7. The smallest absolute Gasteiger partial charge is 0.410 e. The maximum atomic E-state index is 12.8. The van der Waals surface area contributed by atoms with Crippen LogP contribution >= 0.6 is 15.9 Å². The zero-order valence-electron chi connectivity index (χ0n) is 28.7. The molecule has 47 heavy (non-hydrogen) atoms. The molecule has 2 aliphatic heterocycles. The van der Waals surface area contributed by atoms with Crippen LogP contribution in [0.25, 0.3) is 22.4 Å². The summed E-state index contributed by atoms with van der Waals surface area (Å²) in [5.74, 6) is 1.54. The molecule has 4 heterocycles. The van der Waals surface area contributed by atoms with Crippen molar-refractivity contribution in [1.29, 1.82) is 0 Å². The molecule has 2 N–H and O–H groups in total. The number of carbonyl (C=O) groups excluding carboxylic acids is 2. The van der Waals surface area contributed by atoms with Gasteiger partial charge in [-0.3, -0.25) is 9.80 Å². The van der Waals surface area contributed by atoms with Gasteiger partial charge in [-0.1, -0.05) is 36.4 Å². The number of likely N-dealkylation sites (tertiary alicyclic amines) is 2. The Labute approximate surface area is 286 Å². The summed E-state index contributed by atoms with van der Waals surface area (Å²) in [4.78, 5) is 45.5. The lowest BCUT2D eigenvalue weighted by atomic mass is 10.0. The summed E-state index contributed by atoms with van der Waals surface area (Å²) >= 11 is 3.65. The number of halogens is 1. The predicted octanol–water partition coefficient (Wildman–Crippen LogP) is 9.21. The number of H-pyrrole nitrogens is 2. The maximum Gasteiger partial charge on any atom is 0.410 e. The summed E-state index contributed by atoms with van der Waals surface area (Å²) in [5.41, 5.74) is 4.87. The van der Waals surface area contributed by atoms with Crippen LogP contribution in [0.1, 0.15) is 116 Å². The molecule has 2 amide bonds. The van der Waals surface area contributed by atoms with Gasteiger partial charge in [0.1, 0.15) is 27.5 Å². The lowest BCUT2D eigenvalue weighted by Crippen LogP contribution is -2.36. The zero-order chi connectivity index (χ0) is 34.1. The second-order valence-electron chi connectivity index (χ2n) is 14.4. The Morgan fingerprint density at radius 1 is 0.830 bits per heavy atom. The molecule has 2 atom stereocenters. The third-order valence-electron chi connectivity index (χ3n) is 8.27. The van der Waals surface area contributed by atoms with Gasteiger partial charge in [0.25, 0.3) is 0 Å². The zero-order valence-corrected chi connectivity index (χ0v) is 30.3. The van der Waals surface area contributed by atoms with Gasteiger partial charge in [-0.05, 0) is 119 Å². The minimum Gasteiger partial charge on any atom is -0.444 e. The van der Waals surface area contributed by atoms with E-state index in [2.05, 4.69) is 74.2 Å². The fourth-order valence-electron chi connectivity index (χ4n) is 5.96. The number of hydrogen-bond acceptors (Lipinski definition) is 6. The van der Waals surface area contributed by atoms with E-state index in [9.17, 15) is 9.59 Å². The van der Waals surface area contributed by atoms with Crippen LogP contribution in [-0.2, 0) is 9.47 Å². The molecule has 2 aliphatic rings. The Kier molecular flexibility index (Phi) is 10.1. The number of amides is 2. The first-order valence-corrected chi connectivity index (χ1v) is 17.1. The monoisotopic (exact) mass is 706 g/mol. The minimum absolute atomic E-state index is 0.120. The van der Waals surface area contributed by atoms with Crippen LogP contribution < -0.4 is 0 Å². The number of allylic oxidation sites excluding steroid dienone is 4. The van der Waals surface area contributed by atoms with Crippen molar-refractivity contribution in [3.05, 3.63) is 70.1 Å². The second-order valence-corrected chi connectivity index (χ2v) is 15.2. The van der Waals surface area contributed by atoms with Gasteiger partial charge in [0.05, 0.1) is 29.7 Å². The van der Waals surface area contributed by atoms with Gasteiger partial charge in [0.2, 0.25) is 0 Å². The van der Waals surface area contributed by atoms with Crippen LogP contribution in [0.2, 0.25) is 0 Å². The van der Waals surface area contributed by atoms with Crippen molar-refractivity contribution in [3.8, 4) is 11.3 Å². The minimum atomic E-state index is -0.548. The van der Waals surface area contributed by atoms with E-state index in [1.54, 1.807) is 9.80 Å². The summed E-state index contributed by atoms with van der Waals surface area (Å²) < 4.78 is 12.1. The Morgan fingerprint density at radius 2 is 1.36 bits per heavy atom. The molecule has 5 rings (SSSR count). The number of ether oxygens (including phenoxy) is 2. The summed E-state index contributed by atoms with van der Waals surface area (Å²) in [6, 6.07) is 8.09. The number of hydrogen-bond donors (Lipinski definition) is 2. The fraction of sp³-hybridized carbons (Fsp3) is 0.500. The summed E-state index contributed by atoms with van der Waals surface area (Å²) in [6.45, 7) is 16.7. The molecule has 2 fully saturated rings. The maximum absolute atomic E-state index is 12.8. The molecule has 252 valence electrons. The van der Waals surface area contributed by atoms with Gasteiger partial charge in [-0.2, -0.15) is 0 Å². The van der Waals surface area contributed by atoms with Crippen molar-refractivity contribution in [2.24, 2.45) is 0 Å². The van der Waals surface area contributed by atoms with E-state index in [0.29, 0.717) is 13.1 Å². The lowest BCUT2D eigenvalue weighted by molar-refractivity contribution is 0.0208. The Morgan fingerprint density at radius 3 is 1.91 bits per heavy atom. The molecule has 11 heteroatoms. The van der Waals surface area contributed by atoms with E-state index >= 15 is 0 Å². The quantitative estimate of drug-likeness (QED) is 0.247. The van der Waals surface area contributed by atoms with E-state index in [1.807, 2.05) is 54.7 Å². The van der Waals surface area contributed by atoms with Gasteiger partial charge < -0.3 is 19.4 Å². The molecule has 0 aliphatic carbocycles. The molecular formula is C36H47BrN6O4. The van der Waals surface area contributed by atoms with Crippen molar-refractivity contribution in [3.63, 3.8) is 0 Å². The number of carbonyl (C=O) groups is 2. The van der Waals surface area contributed by atoms with Crippen LogP contribution in [0.3, 0.4) is 0 Å². The highest BCUT2D eigenvalue weighted by Crippen LogP contribution is 2.35. The lowest BCUT2D eigenvalue weighted by Gasteiger charge is -2.27. The van der Waals surface area contributed by atoms with E-state index in [-0.39, 0.29) is 24.3 Å². The van der Waals surface area contributed by atoms with Crippen LogP contribution in [0.15, 0.2) is 47.2 Å². The average Bonchev–Trinajstić information content (AvgIpc) is 3.79. The molecule has 2 saturated heterocycles. The molecule has 10 nitrogen and oxygen atoms in total. The van der Waals surface area contributed by atoms with Gasteiger partial charge in [0.15, 0.2) is 0 Å².